The molecule has 11 heteroatoms. The van der Waals surface area contributed by atoms with Crippen LogP contribution >= 0.6 is 39.9 Å². The van der Waals surface area contributed by atoms with Gasteiger partial charge in [-0.3, -0.25) is 14.7 Å². The van der Waals surface area contributed by atoms with Crippen LogP contribution in [0.4, 0.5) is 0 Å². The van der Waals surface area contributed by atoms with Crippen LogP contribution in [0, 0.1) is 0 Å². The molecule has 2 aliphatic heterocycles. The number of ether oxygens (including phenoxy) is 1. The second-order valence-corrected chi connectivity index (χ2v) is 10.6. The first-order valence-corrected chi connectivity index (χ1v) is 13.1. The average molecular weight is 589 g/mol. The molecule has 0 unspecified atom stereocenters. The summed E-state index contributed by atoms with van der Waals surface area (Å²) in [6.07, 6.45) is 1.80. The highest BCUT2D eigenvalue weighted by Crippen LogP contribution is 2.35. The molecule has 186 valence electrons. The van der Waals surface area contributed by atoms with Crippen molar-refractivity contribution in [1.29, 1.82) is 0 Å². The summed E-state index contributed by atoms with van der Waals surface area (Å²) in [7, 11) is 0. The quantitative estimate of drug-likeness (QED) is 0.279. The summed E-state index contributed by atoms with van der Waals surface area (Å²) in [5.41, 5.74) is 2.23. The van der Waals surface area contributed by atoms with Crippen molar-refractivity contribution in [1.82, 2.24) is 9.91 Å². The van der Waals surface area contributed by atoms with E-state index in [1.54, 1.807) is 6.92 Å². The highest BCUT2D eigenvalue weighted by Gasteiger charge is 2.42. The molecular formula is C25H22BrN3O5S2. The third kappa shape index (κ3) is 5.69. The lowest BCUT2D eigenvalue weighted by atomic mass is 10.0. The second kappa shape index (κ2) is 11.4. The predicted molar refractivity (Wildman–Crippen MR) is 144 cm³/mol. The first-order valence-electron chi connectivity index (χ1n) is 11.1. The Hall–Kier alpha value is -3.02. The first kappa shape index (κ1) is 26.1. The highest BCUT2D eigenvalue weighted by molar-refractivity contribution is 9.10. The van der Waals surface area contributed by atoms with E-state index < -0.39 is 29.9 Å². The van der Waals surface area contributed by atoms with Crippen LogP contribution in [-0.4, -0.2) is 61.6 Å². The van der Waals surface area contributed by atoms with Gasteiger partial charge in [-0.1, -0.05) is 82.4 Å². The van der Waals surface area contributed by atoms with Crippen molar-refractivity contribution in [2.45, 2.75) is 31.8 Å². The first-order chi connectivity index (χ1) is 17.3. The lowest BCUT2D eigenvalue weighted by Crippen LogP contribution is -2.46. The number of hydrogen-bond acceptors (Lipinski definition) is 8. The Morgan fingerprint density at radius 3 is 2.58 bits per heavy atom. The standard InChI is InChI=1S/C25H22BrN3O5S2/c1-2-34-24(33)20(12-15-6-4-3-5-7-15)29-22(30)21(36-25(29)35)14-28-19(23(31)32)13-18(27-28)16-8-10-17(26)11-9-16/h3-11,14,19-20H,2,12-13H2,1H3,(H,31,32)/b21-14-/t19-,20+/m0/s1. The zero-order chi connectivity index (χ0) is 25.8. The molecular weight excluding hydrogens is 566 g/mol. The normalized spacial score (nSPS) is 19.6. The van der Waals surface area contributed by atoms with Gasteiger partial charge in [-0.15, -0.1) is 0 Å². The molecule has 36 heavy (non-hydrogen) atoms. The van der Waals surface area contributed by atoms with Gasteiger partial charge in [-0.05, 0) is 30.2 Å². The smallest absolute Gasteiger partial charge is 0.329 e. The zero-order valence-electron chi connectivity index (χ0n) is 19.2. The maximum absolute atomic E-state index is 13.4. The Kier molecular flexibility index (Phi) is 8.22. The van der Waals surface area contributed by atoms with Crippen molar-refractivity contribution < 1.29 is 24.2 Å². The van der Waals surface area contributed by atoms with Crippen LogP contribution in [0.5, 0.6) is 0 Å². The van der Waals surface area contributed by atoms with Crippen LogP contribution in [0.2, 0.25) is 0 Å². The lowest BCUT2D eigenvalue weighted by Gasteiger charge is -2.25. The number of rotatable bonds is 8. The van der Waals surface area contributed by atoms with Gasteiger partial charge in [0.2, 0.25) is 0 Å². The van der Waals surface area contributed by atoms with E-state index in [4.69, 9.17) is 17.0 Å². The number of carbonyl (C=O) groups excluding carboxylic acids is 2. The second-order valence-electron chi connectivity index (χ2n) is 7.99. The number of nitrogens with zero attached hydrogens (tertiary/aromatic N) is 3. The van der Waals surface area contributed by atoms with Crippen molar-refractivity contribution in [3.8, 4) is 0 Å². The monoisotopic (exact) mass is 587 g/mol. The number of thiocarbonyl (C=S) groups is 1. The number of aliphatic carboxylic acids is 1. The third-order valence-corrected chi connectivity index (χ3v) is 7.47. The van der Waals surface area contributed by atoms with Crippen molar-refractivity contribution in [3.05, 3.63) is 81.3 Å². The fraction of sp³-hybridized carbons (Fsp3) is 0.240. The summed E-state index contributed by atoms with van der Waals surface area (Å²) in [5, 5.41) is 15.5. The number of amides is 1. The van der Waals surface area contributed by atoms with E-state index in [1.807, 2.05) is 54.6 Å². The molecule has 0 aromatic heterocycles. The molecule has 0 aliphatic carbocycles. The van der Waals surface area contributed by atoms with E-state index in [-0.39, 0.29) is 28.7 Å². The van der Waals surface area contributed by atoms with Crippen molar-refractivity contribution >= 4 is 67.8 Å². The summed E-state index contributed by atoms with van der Waals surface area (Å²) in [6.45, 7) is 1.86. The maximum atomic E-state index is 13.4. The molecule has 1 saturated heterocycles. The number of halogens is 1. The fourth-order valence-corrected chi connectivity index (χ4v) is 5.47. The van der Waals surface area contributed by atoms with Gasteiger partial charge in [0.25, 0.3) is 5.91 Å². The van der Waals surface area contributed by atoms with Crippen LogP contribution in [0.1, 0.15) is 24.5 Å². The molecule has 2 atom stereocenters. The number of thioether (sulfide) groups is 1. The van der Waals surface area contributed by atoms with E-state index in [0.29, 0.717) is 5.71 Å². The van der Waals surface area contributed by atoms with Crippen molar-refractivity contribution in [2.24, 2.45) is 5.10 Å². The van der Waals surface area contributed by atoms with Crippen LogP contribution < -0.4 is 0 Å². The Morgan fingerprint density at radius 2 is 1.94 bits per heavy atom. The molecule has 0 radical (unpaired) electrons. The highest BCUT2D eigenvalue weighted by atomic mass is 79.9. The SMILES string of the molecule is CCOC(=O)[C@@H](Cc1ccccc1)N1C(=O)/C(=C/N2N=C(c3ccc(Br)cc3)C[C@H]2C(=O)O)SC1=S. The van der Waals surface area contributed by atoms with Gasteiger partial charge in [0, 0.05) is 23.5 Å². The number of hydrogen-bond donors (Lipinski definition) is 1. The number of hydrazone groups is 1. The number of carboxylic acid groups (broad SMARTS) is 1. The summed E-state index contributed by atoms with van der Waals surface area (Å²) in [5.74, 6) is -2.11. The topological polar surface area (TPSA) is 99.5 Å². The Balaban J connectivity index is 1.62. The summed E-state index contributed by atoms with van der Waals surface area (Å²) >= 11 is 9.86. The van der Waals surface area contributed by atoms with E-state index in [1.165, 1.54) is 16.1 Å². The predicted octanol–water partition coefficient (Wildman–Crippen LogP) is 4.19. The van der Waals surface area contributed by atoms with Gasteiger partial charge in [-0.2, -0.15) is 5.10 Å². The van der Waals surface area contributed by atoms with E-state index in [0.717, 1.165) is 27.4 Å². The molecule has 1 amide bonds. The summed E-state index contributed by atoms with van der Waals surface area (Å²) < 4.78 is 6.33. The lowest BCUT2D eigenvalue weighted by molar-refractivity contribution is -0.150. The largest absolute Gasteiger partial charge is 0.480 e. The molecule has 2 aromatic carbocycles. The van der Waals surface area contributed by atoms with Crippen molar-refractivity contribution in [3.63, 3.8) is 0 Å². The van der Waals surface area contributed by atoms with Crippen LogP contribution in [-0.2, 0) is 25.5 Å². The Morgan fingerprint density at radius 1 is 1.25 bits per heavy atom. The van der Waals surface area contributed by atoms with E-state index in [2.05, 4.69) is 21.0 Å². The number of carbonyl (C=O) groups is 3. The van der Waals surface area contributed by atoms with Crippen LogP contribution in [0.3, 0.4) is 0 Å². The minimum atomic E-state index is -1.06. The molecule has 0 spiro atoms. The average Bonchev–Trinajstić information content (AvgIpc) is 3.40. The summed E-state index contributed by atoms with van der Waals surface area (Å²) in [4.78, 5) is 39.6. The minimum Gasteiger partial charge on any atom is -0.480 e. The van der Waals surface area contributed by atoms with E-state index in [9.17, 15) is 19.5 Å². The molecule has 0 saturated carbocycles. The van der Waals surface area contributed by atoms with Gasteiger partial charge in [0.1, 0.15) is 10.4 Å². The van der Waals surface area contributed by atoms with Crippen molar-refractivity contribution in [2.75, 3.05) is 6.61 Å². The van der Waals surface area contributed by atoms with Gasteiger partial charge >= 0.3 is 11.9 Å². The molecule has 0 bridgehead atoms. The number of esters is 1. The third-order valence-electron chi connectivity index (χ3n) is 5.62. The van der Waals surface area contributed by atoms with Crippen LogP contribution in [0.25, 0.3) is 0 Å². The van der Waals surface area contributed by atoms with Gasteiger partial charge in [0.15, 0.2) is 6.04 Å². The molecule has 8 nitrogen and oxygen atoms in total. The molecule has 2 heterocycles. The molecule has 4 rings (SSSR count). The minimum absolute atomic E-state index is 0.163. The Labute approximate surface area is 226 Å². The maximum Gasteiger partial charge on any atom is 0.329 e. The fourth-order valence-electron chi connectivity index (χ4n) is 3.88. The molecule has 1 N–H and O–H groups in total. The van der Waals surface area contributed by atoms with Gasteiger partial charge in [0.05, 0.1) is 17.2 Å². The van der Waals surface area contributed by atoms with E-state index >= 15 is 0 Å². The Bertz CT molecular complexity index is 1250. The molecule has 2 aromatic rings. The van der Waals surface area contributed by atoms with Gasteiger partial charge < -0.3 is 9.84 Å². The number of carboxylic acids is 1. The zero-order valence-corrected chi connectivity index (χ0v) is 22.4. The van der Waals surface area contributed by atoms with Gasteiger partial charge in [-0.25, -0.2) is 9.59 Å². The number of benzene rings is 2. The molecule has 1 fully saturated rings. The summed E-state index contributed by atoms with van der Waals surface area (Å²) in [6, 6.07) is 14.8. The molecule has 2 aliphatic rings. The van der Waals surface area contributed by atoms with Crippen LogP contribution in [0.15, 0.2) is 75.3 Å².